The summed E-state index contributed by atoms with van der Waals surface area (Å²) in [6.45, 7) is 8.98. The summed E-state index contributed by atoms with van der Waals surface area (Å²) in [5, 5.41) is 11.5. The van der Waals surface area contributed by atoms with E-state index in [9.17, 15) is 9.59 Å². The molecule has 9 heteroatoms. The third kappa shape index (κ3) is 3.92. The van der Waals surface area contributed by atoms with E-state index < -0.39 is 11.7 Å². The molecule has 0 saturated heterocycles. The van der Waals surface area contributed by atoms with Crippen LogP contribution in [-0.2, 0) is 4.79 Å². The molecule has 162 valence electrons. The lowest BCUT2D eigenvalue weighted by Gasteiger charge is -2.09. The molecular formula is C23H23N7O2. The predicted octanol–water partition coefficient (Wildman–Crippen LogP) is 3.21. The first-order valence-electron chi connectivity index (χ1n) is 10.1. The Kier molecular flexibility index (Phi) is 5.40. The average molecular weight is 429 g/mol. The standard InChI is InChI=1S/C23H23N7O2/c1-13-11-14(2)25-23(24-13)30-19(12-15(3)27-30)26-22(32)21(31)20-16(4)28-29(17(20)5)18-9-7-6-8-10-18/h6-12H,1-5H3,(H,26,32). The van der Waals surface area contributed by atoms with Gasteiger partial charge in [0.15, 0.2) is 0 Å². The number of rotatable bonds is 5. The first-order valence-corrected chi connectivity index (χ1v) is 10.1. The molecule has 0 fully saturated rings. The van der Waals surface area contributed by atoms with Gasteiger partial charge in [0, 0.05) is 17.5 Å². The number of aryl methyl sites for hydroxylation is 4. The normalized spacial score (nSPS) is 10.9. The molecular weight excluding hydrogens is 406 g/mol. The van der Waals surface area contributed by atoms with E-state index in [1.165, 1.54) is 4.68 Å². The van der Waals surface area contributed by atoms with Gasteiger partial charge >= 0.3 is 0 Å². The van der Waals surface area contributed by atoms with Gasteiger partial charge in [0.05, 0.1) is 28.3 Å². The van der Waals surface area contributed by atoms with Crippen LogP contribution in [0.1, 0.15) is 38.8 Å². The van der Waals surface area contributed by atoms with Gasteiger partial charge in [-0.2, -0.15) is 14.9 Å². The van der Waals surface area contributed by atoms with E-state index in [4.69, 9.17) is 0 Å². The van der Waals surface area contributed by atoms with Crippen LogP contribution in [0.25, 0.3) is 11.6 Å². The summed E-state index contributed by atoms with van der Waals surface area (Å²) in [7, 11) is 0. The maximum atomic E-state index is 13.1. The third-order valence-corrected chi connectivity index (χ3v) is 4.96. The van der Waals surface area contributed by atoms with E-state index in [-0.39, 0.29) is 5.56 Å². The lowest BCUT2D eigenvalue weighted by atomic mass is 10.1. The highest BCUT2D eigenvalue weighted by Crippen LogP contribution is 2.20. The topological polar surface area (TPSA) is 108 Å². The number of aromatic nitrogens is 6. The summed E-state index contributed by atoms with van der Waals surface area (Å²) in [6, 6.07) is 13.0. The van der Waals surface area contributed by atoms with E-state index in [2.05, 4.69) is 25.5 Å². The lowest BCUT2D eigenvalue weighted by molar-refractivity contribution is -0.112. The van der Waals surface area contributed by atoms with Crippen molar-refractivity contribution < 1.29 is 9.59 Å². The van der Waals surface area contributed by atoms with Crippen LogP contribution in [0.5, 0.6) is 0 Å². The molecule has 1 amide bonds. The molecule has 0 atom stereocenters. The fourth-order valence-corrected chi connectivity index (χ4v) is 3.62. The Labute approximate surface area is 185 Å². The number of benzene rings is 1. The quantitative estimate of drug-likeness (QED) is 0.386. The zero-order chi connectivity index (χ0) is 23.0. The molecule has 3 heterocycles. The summed E-state index contributed by atoms with van der Waals surface area (Å²) in [4.78, 5) is 34.8. The lowest BCUT2D eigenvalue weighted by Crippen LogP contribution is -2.25. The Morgan fingerprint density at radius 2 is 1.47 bits per heavy atom. The molecule has 4 aromatic rings. The fourth-order valence-electron chi connectivity index (χ4n) is 3.62. The summed E-state index contributed by atoms with van der Waals surface area (Å²) < 4.78 is 3.08. The van der Waals surface area contributed by atoms with Crippen molar-refractivity contribution in [1.82, 2.24) is 29.5 Å². The molecule has 0 unspecified atom stereocenters. The van der Waals surface area contributed by atoms with Crippen LogP contribution in [0.4, 0.5) is 5.82 Å². The number of hydrogen-bond acceptors (Lipinski definition) is 6. The van der Waals surface area contributed by atoms with E-state index in [1.807, 2.05) is 50.2 Å². The minimum absolute atomic E-state index is 0.275. The smallest absolute Gasteiger partial charge is 0.298 e. The fraction of sp³-hybridized carbons (Fsp3) is 0.217. The number of ketones is 1. The number of para-hydroxylation sites is 1. The number of nitrogens with zero attached hydrogens (tertiary/aromatic N) is 6. The van der Waals surface area contributed by atoms with Crippen LogP contribution in [0.15, 0.2) is 42.5 Å². The molecule has 0 bridgehead atoms. The van der Waals surface area contributed by atoms with Crippen LogP contribution in [0.3, 0.4) is 0 Å². The van der Waals surface area contributed by atoms with Gasteiger partial charge in [-0.1, -0.05) is 18.2 Å². The summed E-state index contributed by atoms with van der Waals surface area (Å²) >= 11 is 0. The average Bonchev–Trinajstić information content (AvgIpc) is 3.26. The molecule has 0 radical (unpaired) electrons. The molecule has 0 spiro atoms. The summed E-state index contributed by atoms with van der Waals surface area (Å²) in [5.41, 5.74) is 4.36. The highest BCUT2D eigenvalue weighted by Gasteiger charge is 2.26. The number of anilines is 1. The van der Waals surface area contributed by atoms with Gasteiger partial charge in [-0.25, -0.2) is 14.6 Å². The number of carbonyl (C=O) groups excluding carboxylic acids is 2. The van der Waals surface area contributed by atoms with Gasteiger partial charge in [0.1, 0.15) is 5.82 Å². The zero-order valence-corrected chi connectivity index (χ0v) is 18.5. The summed E-state index contributed by atoms with van der Waals surface area (Å²) in [6.07, 6.45) is 0. The van der Waals surface area contributed by atoms with Crippen molar-refractivity contribution in [3.63, 3.8) is 0 Å². The van der Waals surface area contributed by atoms with Crippen molar-refractivity contribution >= 4 is 17.5 Å². The zero-order valence-electron chi connectivity index (χ0n) is 18.5. The maximum Gasteiger partial charge on any atom is 0.298 e. The van der Waals surface area contributed by atoms with Crippen LogP contribution in [-0.4, -0.2) is 41.2 Å². The van der Waals surface area contributed by atoms with Crippen molar-refractivity contribution in [2.45, 2.75) is 34.6 Å². The molecule has 9 nitrogen and oxygen atoms in total. The minimum atomic E-state index is -0.783. The number of amides is 1. The molecule has 1 aromatic carbocycles. The van der Waals surface area contributed by atoms with Crippen LogP contribution in [0.2, 0.25) is 0 Å². The van der Waals surface area contributed by atoms with Crippen molar-refractivity contribution in [3.05, 3.63) is 76.5 Å². The Morgan fingerprint density at radius 1 is 0.812 bits per heavy atom. The SMILES string of the molecule is Cc1cc(C)nc(-n2nc(C)cc2NC(=O)C(=O)c2c(C)nn(-c3ccccc3)c2C)n1. The van der Waals surface area contributed by atoms with Gasteiger partial charge in [0.2, 0.25) is 0 Å². The van der Waals surface area contributed by atoms with Gasteiger partial charge in [0.25, 0.3) is 17.6 Å². The van der Waals surface area contributed by atoms with Crippen LogP contribution < -0.4 is 5.32 Å². The van der Waals surface area contributed by atoms with E-state index >= 15 is 0 Å². The van der Waals surface area contributed by atoms with Crippen LogP contribution in [0, 0.1) is 34.6 Å². The van der Waals surface area contributed by atoms with Crippen molar-refractivity contribution in [2.24, 2.45) is 0 Å². The Hall–Kier alpha value is -4.14. The maximum absolute atomic E-state index is 13.1. The van der Waals surface area contributed by atoms with Crippen LogP contribution >= 0.6 is 0 Å². The molecule has 1 N–H and O–H groups in total. The number of hydrogen-bond donors (Lipinski definition) is 1. The Morgan fingerprint density at radius 3 is 2.12 bits per heavy atom. The van der Waals surface area contributed by atoms with Crippen molar-refractivity contribution in [3.8, 4) is 11.6 Å². The molecule has 4 rings (SSSR count). The second kappa shape index (κ2) is 8.18. The molecule has 32 heavy (non-hydrogen) atoms. The molecule has 3 aromatic heterocycles. The van der Waals surface area contributed by atoms with Crippen molar-refractivity contribution in [2.75, 3.05) is 5.32 Å². The number of nitrogens with one attached hydrogen (secondary N) is 1. The van der Waals surface area contributed by atoms with Gasteiger partial charge in [-0.05, 0) is 52.8 Å². The molecule has 0 aliphatic carbocycles. The Balaban J connectivity index is 1.65. The van der Waals surface area contributed by atoms with Crippen molar-refractivity contribution in [1.29, 1.82) is 0 Å². The van der Waals surface area contributed by atoms with Gasteiger partial charge in [-0.3, -0.25) is 9.59 Å². The molecule has 0 saturated carbocycles. The monoisotopic (exact) mass is 429 g/mol. The largest absolute Gasteiger partial charge is 0.303 e. The van der Waals surface area contributed by atoms with E-state index in [1.54, 1.807) is 31.5 Å². The first-order chi connectivity index (χ1) is 15.2. The van der Waals surface area contributed by atoms with E-state index in [0.29, 0.717) is 28.8 Å². The van der Waals surface area contributed by atoms with Gasteiger partial charge in [-0.15, -0.1) is 0 Å². The molecule has 0 aliphatic rings. The third-order valence-electron chi connectivity index (χ3n) is 4.96. The number of carbonyl (C=O) groups is 2. The predicted molar refractivity (Wildman–Crippen MR) is 119 cm³/mol. The second-order valence-electron chi connectivity index (χ2n) is 7.61. The molecule has 0 aliphatic heterocycles. The Bertz CT molecular complexity index is 1320. The highest BCUT2D eigenvalue weighted by atomic mass is 16.2. The van der Waals surface area contributed by atoms with E-state index in [0.717, 1.165) is 17.1 Å². The first kappa shape index (κ1) is 21.1. The second-order valence-corrected chi connectivity index (χ2v) is 7.61. The number of Topliss-reactive ketones (excluding diaryl/α,β-unsaturated/α-hetero) is 1. The summed E-state index contributed by atoms with van der Waals surface area (Å²) in [5.74, 6) is -0.817. The highest BCUT2D eigenvalue weighted by molar-refractivity contribution is 6.47. The minimum Gasteiger partial charge on any atom is -0.303 e. The van der Waals surface area contributed by atoms with Gasteiger partial charge < -0.3 is 5.32 Å².